The van der Waals surface area contributed by atoms with Gasteiger partial charge in [-0.1, -0.05) is 18.2 Å². The van der Waals surface area contributed by atoms with Crippen LogP contribution in [0.15, 0.2) is 60.8 Å². The molecule has 0 bridgehead atoms. The van der Waals surface area contributed by atoms with E-state index < -0.39 is 0 Å². The van der Waals surface area contributed by atoms with Gasteiger partial charge < -0.3 is 15.1 Å². The zero-order chi connectivity index (χ0) is 23.8. The molecule has 1 aromatic carbocycles. The largest absolute Gasteiger partial charge is 0.357 e. The Morgan fingerprint density at radius 3 is 2.74 bits per heavy atom. The third-order valence-corrected chi connectivity index (χ3v) is 7.34. The molecule has 1 atom stereocenters. The minimum Gasteiger partial charge on any atom is -0.357 e. The number of rotatable bonds is 5. The van der Waals surface area contributed by atoms with E-state index in [2.05, 4.69) is 39.3 Å². The minimum absolute atomic E-state index is 0.114. The molecule has 5 heterocycles. The fraction of sp³-hybridized carbons (Fsp3) is 0.370. The van der Waals surface area contributed by atoms with Crippen LogP contribution in [0.2, 0.25) is 0 Å². The Morgan fingerprint density at radius 1 is 1.03 bits per heavy atom. The van der Waals surface area contributed by atoms with Crippen molar-refractivity contribution < 1.29 is 4.39 Å². The second-order valence-electron chi connectivity index (χ2n) is 9.48. The van der Waals surface area contributed by atoms with Crippen LogP contribution in [-0.4, -0.2) is 52.3 Å². The number of aromatic nitrogens is 4. The van der Waals surface area contributed by atoms with Gasteiger partial charge in [-0.05, 0) is 80.7 Å². The fourth-order valence-corrected chi connectivity index (χ4v) is 5.44. The van der Waals surface area contributed by atoms with E-state index in [9.17, 15) is 4.39 Å². The van der Waals surface area contributed by atoms with E-state index in [1.165, 1.54) is 6.07 Å². The van der Waals surface area contributed by atoms with Crippen molar-refractivity contribution in [1.29, 1.82) is 0 Å². The molecule has 0 saturated carbocycles. The second-order valence-corrected chi connectivity index (χ2v) is 9.48. The first kappa shape index (κ1) is 22.0. The van der Waals surface area contributed by atoms with Crippen molar-refractivity contribution in [3.8, 4) is 11.4 Å². The highest BCUT2D eigenvalue weighted by Crippen LogP contribution is 2.35. The summed E-state index contributed by atoms with van der Waals surface area (Å²) in [6, 6.07) is 17.7. The molecule has 2 aliphatic rings. The maximum Gasteiger partial charge on any atom is 0.154 e. The molecular formula is C27H30FN7. The van der Waals surface area contributed by atoms with Gasteiger partial charge >= 0.3 is 0 Å². The zero-order valence-corrected chi connectivity index (χ0v) is 19.9. The number of pyridine rings is 1. The monoisotopic (exact) mass is 471 g/mol. The van der Waals surface area contributed by atoms with Crippen LogP contribution in [0.25, 0.3) is 17.0 Å². The van der Waals surface area contributed by atoms with Gasteiger partial charge in [-0.2, -0.15) is 0 Å². The predicted octanol–water partition coefficient (Wildman–Crippen LogP) is 4.46. The molecule has 2 saturated heterocycles. The van der Waals surface area contributed by atoms with Gasteiger partial charge in [0.05, 0.1) is 17.9 Å². The Morgan fingerprint density at radius 2 is 1.89 bits per heavy atom. The highest BCUT2D eigenvalue weighted by molar-refractivity contribution is 5.62. The van der Waals surface area contributed by atoms with Gasteiger partial charge in [0.25, 0.3) is 0 Å². The van der Waals surface area contributed by atoms with E-state index in [-0.39, 0.29) is 11.9 Å². The molecule has 1 N–H and O–H groups in total. The molecule has 4 aromatic rings. The van der Waals surface area contributed by atoms with E-state index in [4.69, 9.17) is 10.1 Å². The molecule has 8 heteroatoms. The maximum absolute atomic E-state index is 13.9. The summed E-state index contributed by atoms with van der Waals surface area (Å²) in [4.78, 5) is 14.1. The molecule has 3 aromatic heterocycles. The molecule has 0 amide bonds. The van der Waals surface area contributed by atoms with Crippen molar-refractivity contribution >= 4 is 17.3 Å². The molecule has 180 valence electrons. The van der Waals surface area contributed by atoms with Crippen LogP contribution < -0.4 is 15.1 Å². The number of piperidine rings is 1. The number of nitrogens with one attached hydrogen (secondary N) is 1. The fourth-order valence-electron chi connectivity index (χ4n) is 5.44. The Hall–Kier alpha value is -3.52. The molecule has 0 spiro atoms. The Kier molecular flexibility index (Phi) is 5.82. The van der Waals surface area contributed by atoms with Gasteiger partial charge in [-0.3, -0.25) is 0 Å². The third kappa shape index (κ3) is 4.23. The smallest absolute Gasteiger partial charge is 0.154 e. The minimum atomic E-state index is -0.199. The van der Waals surface area contributed by atoms with Crippen molar-refractivity contribution in [2.75, 3.05) is 36.5 Å². The van der Waals surface area contributed by atoms with Crippen LogP contribution in [0.5, 0.6) is 0 Å². The first-order valence-electron chi connectivity index (χ1n) is 12.5. The average Bonchev–Trinajstić information content (AvgIpc) is 3.56. The maximum atomic E-state index is 13.9. The van der Waals surface area contributed by atoms with E-state index in [0.29, 0.717) is 6.04 Å². The van der Waals surface area contributed by atoms with Crippen molar-refractivity contribution in [3.05, 3.63) is 72.2 Å². The molecule has 0 aliphatic carbocycles. The van der Waals surface area contributed by atoms with Crippen molar-refractivity contribution in [2.45, 2.75) is 37.8 Å². The van der Waals surface area contributed by atoms with Crippen LogP contribution in [-0.2, 0) is 0 Å². The summed E-state index contributed by atoms with van der Waals surface area (Å²) in [5.41, 5.74) is 3.49. The number of halogens is 1. The Labute approximate surface area is 204 Å². The van der Waals surface area contributed by atoms with Crippen LogP contribution >= 0.6 is 0 Å². The summed E-state index contributed by atoms with van der Waals surface area (Å²) < 4.78 is 15.8. The van der Waals surface area contributed by atoms with Crippen LogP contribution in [0.1, 0.15) is 37.3 Å². The van der Waals surface area contributed by atoms with Crippen LogP contribution in [0, 0.1) is 5.82 Å². The van der Waals surface area contributed by atoms with Gasteiger partial charge in [0.15, 0.2) is 5.65 Å². The predicted molar refractivity (Wildman–Crippen MR) is 136 cm³/mol. The first-order chi connectivity index (χ1) is 17.2. The third-order valence-electron chi connectivity index (χ3n) is 7.34. The van der Waals surface area contributed by atoms with Gasteiger partial charge in [-0.15, -0.1) is 5.10 Å². The number of nitrogens with zero attached hydrogens (tertiary/aromatic N) is 6. The molecule has 2 aliphatic heterocycles. The summed E-state index contributed by atoms with van der Waals surface area (Å²) in [6.07, 6.45) is 6.10. The summed E-state index contributed by atoms with van der Waals surface area (Å²) >= 11 is 0. The standard InChI is InChI=1S/C27H30FN7/c1-33(21-12-14-29-15-13-21)26-9-3-7-22(31-26)24-18-30-25-10-11-27(32-35(24)25)34-16-4-8-23(34)19-5-2-6-20(28)17-19/h2-3,5-7,9-11,17-18,21,23,29H,4,8,12-16H2,1H3. The normalized spacial score (nSPS) is 18.9. The van der Waals surface area contributed by atoms with Gasteiger partial charge in [0, 0.05) is 19.6 Å². The number of imidazole rings is 1. The van der Waals surface area contributed by atoms with Crippen molar-refractivity contribution in [1.82, 2.24) is 24.9 Å². The molecule has 6 rings (SSSR count). The SMILES string of the molecule is CN(c1cccc(-c2cnc3ccc(N4CCCC4c4cccc(F)c4)nn23)n1)C1CCNCC1. The molecule has 35 heavy (non-hydrogen) atoms. The van der Waals surface area contributed by atoms with Gasteiger partial charge in [-0.25, -0.2) is 18.9 Å². The van der Waals surface area contributed by atoms with Crippen molar-refractivity contribution in [3.63, 3.8) is 0 Å². The number of anilines is 2. The lowest BCUT2D eigenvalue weighted by atomic mass is 10.0. The van der Waals surface area contributed by atoms with E-state index >= 15 is 0 Å². The lowest BCUT2D eigenvalue weighted by molar-refractivity contribution is 0.442. The van der Waals surface area contributed by atoms with Crippen LogP contribution in [0.3, 0.4) is 0 Å². The number of benzene rings is 1. The van der Waals surface area contributed by atoms with Gasteiger partial charge in [0.2, 0.25) is 0 Å². The molecule has 0 radical (unpaired) electrons. The highest BCUT2D eigenvalue weighted by Gasteiger charge is 2.28. The van der Waals surface area contributed by atoms with E-state index in [1.54, 1.807) is 12.1 Å². The van der Waals surface area contributed by atoms with Gasteiger partial charge in [0.1, 0.15) is 23.1 Å². The Bertz CT molecular complexity index is 1330. The second kappa shape index (κ2) is 9.26. The molecule has 7 nitrogen and oxygen atoms in total. The van der Waals surface area contributed by atoms with Crippen molar-refractivity contribution in [2.24, 2.45) is 0 Å². The van der Waals surface area contributed by atoms with Crippen LogP contribution in [0.4, 0.5) is 16.0 Å². The zero-order valence-electron chi connectivity index (χ0n) is 19.9. The van der Waals surface area contributed by atoms with E-state index in [1.807, 2.05) is 35.0 Å². The molecule has 1 unspecified atom stereocenters. The summed E-state index contributed by atoms with van der Waals surface area (Å²) in [5.74, 6) is 1.63. The Balaban J connectivity index is 1.33. The first-order valence-corrected chi connectivity index (χ1v) is 12.5. The number of hydrogen-bond donors (Lipinski definition) is 1. The average molecular weight is 472 g/mol. The molecular weight excluding hydrogens is 441 g/mol. The lowest BCUT2D eigenvalue weighted by Crippen LogP contribution is -2.41. The number of hydrogen-bond acceptors (Lipinski definition) is 6. The summed E-state index contributed by atoms with van der Waals surface area (Å²) in [6.45, 7) is 2.97. The highest BCUT2D eigenvalue weighted by atomic mass is 19.1. The number of fused-ring (bicyclic) bond motifs is 1. The quantitative estimate of drug-likeness (QED) is 0.464. The van der Waals surface area contributed by atoms with E-state index in [0.717, 1.165) is 79.6 Å². The summed E-state index contributed by atoms with van der Waals surface area (Å²) in [7, 11) is 2.13. The topological polar surface area (TPSA) is 61.6 Å². The summed E-state index contributed by atoms with van der Waals surface area (Å²) in [5, 5.41) is 8.41. The lowest BCUT2D eigenvalue weighted by Gasteiger charge is -2.32. The molecule has 2 fully saturated rings.